The number of ether oxygens (including phenoxy) is 1. The monoisotopic (exact) mass is 365 g/mol. The molecule has 6 heteroatoms. The van der Waals surface area contributed by atoms with E-state index in [0.29, 0.717) is 11.4 Å². The number of rotatable bonds is 5. The molecule has 1 amide bonds. The zero-order valence-corrected chi connectivity index (χ0v) is 14.8. The third-order valence-corrected chi connectivity index (χ3v) is 4.57. The first kappa shape index (κ1) is 17.3. The van der Waals surface area contributed by atoms with E-state index < -0.39 is 5.82 Å². The van der Waals surface area contributed by atoms with Crippen molar-refractivity contribution in [3.8, 4) is 5.75 Å². The first-order valence-corrected chi connectivity index (χ1v) is 9.02. The summed E-state index contributed by atoms with van der Waals surface area (Å²) in [6, 6.07) is 15.5. The van der Waals surface area contributed by atoms with Crippen molar-refractivity contribution in [2.75, 3.05) is 29.9 Å². The number of nitrogens with zero attached hydrogens (tertiary/aromatic N) is 2. The van der Waals surface area contributed by atoms with Crippen LogP contribution in [0.3, 0.4) is 0 Å². The molecule has 138 valence electrons. The van der Waals surface area contributed by atoms with Crippen LogP contribution in [-0.2, 0) is 4.79 Å². The van der Waals surface area contributed by atoms with E-state index in [-0.39, 0.29) is 12.5 Å². The number of fused-ring (bicyclic) bond motifs is 1. The Balaban J connectivity index is 1.49. The maximum Gasteiger partial charge on any atom is 0.262 e. The van der Waals surface area contributed by atoms with Crippen molar-refractivity contribution in [3.05, 3.63) is 60.4 Å². The van der Waals surface area contributed by atoms with Crippen LogP contribution >= 0.6 is 0 Å². The minimum atomic E-state index is -0.401. The number of pyridine rings is 1. The van der Waals surface area contributed by atoms with E-state index in [2.05, 4.69) is 10.2 Å². The largest absolute Gasteiger partial charge is 0.481 e. The van der Waals surface area contributed by atoms with Crippen molar-refractivity contribution in [1.82, 2.24) is 4.98 Å². The molecule has 2 aromatic carbocycles. The second-order valence-electron chi connectivity index (χ2n) is 6.54. The van der Waals surface area contributed by atoms with Gasteiger partial charge < -0.3 is 15.0 Å². The van der Waals surface area contributed by atoms with Gasteiger partial charge in [-0.05, 0) is 49.2 Å². The Labute approximate surface area is 156 Å². The zero-order chi connectivity index (χ0) is 18.6. The predicted molar refractivity (Wildman–Crippen MR) is 104 cm³/mol. The van der Waals surface area contributed by atoms with Gasteiger partial charge in [-0.25, -0.2) is 9.37 Å². The first-order valence-electron chi connectivity index (χ1n) is 9.02. The lowest BCUT2D eigenvalue weighted by atomic mass is 10.2. The van der Waals surface area contributed by atoms with Crippen molar-refractivity contribution in [1.29, 1.82) is 0 Å². The Morgan fingerprint density at radius 3 is 2.74 bits per heavy atom. The Bertz CT molecular complexity index is 971. The number of hydrogen-bond acceptors (Lipinski definition) is 4. The molecule has 4 rings (SSSR count). The minimum Gasteiger partial charge on any atom is -0.481 e. The van der Waals surface area contributed by atoms with Crippen LogP contribution in [0.4, 0.5) is 15.9 Å². The third kappa shape index (κ3) is 4.00. The number of aromatic nitrogens is 1. The summed E-state index contributed by atoms with van der Waals surface area (Å²) in [4.78, 5) is 19.1. The Hall–Kier alpha value is -3.15. The highest BCUT2D eigenvalue weighted by Gasteiger charge is 2.15. The summed E-state index contributed by atoms with van der Waals surface area (Å²) in [6.45, 7) is 1.85. The lowest BCUT2D eigenvalue weighted by molar-refractivity contribution is -0.118. The highest BCUT2D eigenvalue weighted by Crippen LogP contribution is 2.27. The van der Waals surface area contributed by atoms with E-state index in [1.54, 1.807) is 18.2 Å². The molecule has 1 N–H and O–H groups in total. The van der Waals surface area contributed by atoms with Gasteiger partial charge in [-0.2, -0.15) is 0 Å². The topological polar surface area (TPSA) is 54.5 Å². The van der Waals surface area contributed by atoms with Gasteiger partial charge in [-0.3, -0.25) is 4.79 Å². The lowest BCUT2D eigenvalue weighted by Gasteiger charge is -2.17. The summed E-state index contributed by atoms with van der Waals surface area (Å²) in [6.07, 6.45) is 2.36. The molecule has 5 nitrogen and oxygen atoms in total. The van der Waals surface area contributed by atoms with Crippen LogP contribution in [0.25, 0.3) is 10.9 Å². The van der Waals surface area contributed by atoms with Crippen LogP contribution in [0.1, 0.15) is 12.8 Å². The van der Waals surface area contributed by atoms with Crippen LogP contribution in [0.2, 0.25) is 0 Å². The third-order valence-electron chi connectivity index (χ3n) is 4.57. The van der Waals surface area contributed by atoms with Gasteiger partial charge >= 0.3 is 0 Å². The highest BCUT2D eigenvalue weighted by atomic mass is 19.1. The van der Waals surface area contributed by atoms with Crippen molar-refractivity contribution in [2.45, 2.75) is 12.8 Å². The molecule has 0 radical (unpaired) electrons. The first-order chi connectivity index (χ1) is 13.2. The number of benzene rings is 2. The van der Waals surface area contributed by atoms with Crippen LogP contribution in [-0.4, -0.2) is 30.6 Å². The average Bonchev–Trinajstić information content (AvgIpc) is 3.21. The molecule has 1 aliphatic rings. The van der Waals surface area contributed by atoms with Gasteiger partial charge in [0.2, 0.25) is 0 Å². The maximum atomic E-state index is 13.2. The second kappa shape index (κ2) is 7.61. The van der Waals surface area contributed by atoms with Crippen molar-refractivity contribution in [2.24, 2.45) is 0 Å². The van der Waals surface area contributed by atoms with Crippen LogP contribution in [0, 0.1) is 5.82 Å². The number of carbonyl (C=O) groups is 1. The summed E-state index contributed by atoms with van der Waals surface area (Å²) < 4.78 is 18.9. The predicted octanol–water partition coefficient (Wildman–Crippen LogP) is 3.99. The molecular weight excluding hydrogens is 345 g/mol. The van der Waals surface area contributed by atoms with Gasteiger partial charge in [0.25, 0.3) is 5.91 Å². The Morgan fingerprint density at radius 2 is 1.93 bits per heavy atom. The number of hydrogen-bond donors (Lipinski definition) is 1. The number of halogens is 1. The summed E-state index contributed by atoms with van der Waals surface area (Å²) in [5.74, 6) is 0.734. The van der Waals surface area contributed by atoms with Crippen LogP contribution in [0.15, 0.2) is 54.6 Å². The van der Waals surface area contributed by atoms with Crippen molar-refractivity contribution >= 4 is 28.3 Å². The fourth-order valence-corrected chi connectivity index (χ4v) is 3.26. The maximum absolute atomic E-state index is 13.2. The summed E-state index contributed by atoms with van der Waals surface area (Å²) >= 11 is 0. The normalized spacial score (nSPS) is 13.7. The second-order valence-corrected chi connectivity index (χ2v) is 6.54. The number of nitrogens with one attached hydrogen (secondary N) is 1. The van der Waals surface area contributed by atoms with Gasteiger partial charge in [0.1, 0.15) is 22.9 Å². The Morgan fingerprint density at radius 1 is 1.11 bits per heavy atom. The summed E-state index contributed by atoms with van der Waals surface area (Å²) in [5, 5.41) is 3.58. The molecule has 27 heavy (non-hydrogen) atoms. The lowest BCUT2D eigenvalue weighted by Crippen LogP contribution is -2.20. The number of carbonyl (C=O) groups excluding carboxylic acids is 1. The summed E-state index contributed by atoms with van der Waals surface area (Å²) in [5.41, 5.74) is 1.14. The van der Waals surface area contributed by atoms with Gasteiger partial charge in [0.15, 0.2) is 6.61 Å². The molecule has 0 bridgehead atoms. The van der Waals surface area contributed by atoms with Crippen LogP contribution in [0.5, 0.6) is 5.75 Å². The highest BCUT2D eigenvalue weighted by molar-refractivity contribution is 5.92. The van der Waals surface area contributed by atoms with E-state index in [4.69, 9.17) is 9.72 Å². The van der Waals surface area contributed by atoms with Crippen molar-refractivity contribution < 1.29 is 13.9 Å². The SMILES string of the molecule is O=C(COc1cccc2ccc(N3CCCC3)nc12)Nc1cccc(F)c1. The molecule has 0 unspecified atom stereocenters. The molecule has 0 saturated carbocycles. The quantitative estimate of drug-likeness (QED) is 0.743. The molecular formula is C21H20FN3O2. The number of amides is 1. The standard InChI is InChI=1S/C21H20FN3O2/c22-16-6-4-7-17(13-16)23-20(26)14-27-18-8-3-5-15-9-10-19(24-21(15)18)25-11-1-2-12-25/h3-10,13H,1-2,11-12,14H2,(H,23,26). The molecule has 1 aromatic heterocycles. The molecule has 0 spiro atoms. The molecule has 1 saturated heterocycles. The Kier molecular flexibility index (Phi) is 4.87. The average molecular weight is 365 g/mol. The molecule has 3 aromatic rings. The number of para-hydroxylation sites is 1. The number of anilines is 2. The van der Waals surface area contributed by atoms with E-state index >= 15 is 0 Å². The van der Waals surface area contributed by atoms with E-state index in [1.165, 1.54) is 25.0 Å². The molecule has 2 heterocycles. The fourth-order valence-electron chi connectivity index (χ4n) is 3.26. The van der Waals surface area contributed by atoms with E-state index in [0.717, 1.165) is 29.8 Å². The molecule has 1 fully saturated rings. The van der Waals surface area contributed by atoms with Gasteiger partial charge in [0, 0.05) is 24.2 Å². The van der Waals surface area contributed by atoms with E-state index in [9.17, 15) is 9.18 Å². The van der Waals surface area contributed by atoms with E-state index in [1.807, 2.05) is 24.3 Å². The van der Waals surface area contributed by atoms with Gasteiger partial charge in [0.05, 0.1) is 0 Å². The smallest absolute Gasteiger partial charge is 0.262 e. The van der Waals surface area contributed by atoms with Gasteiger partial charge in [-0.1, -0.05) is 18.2 Å². The van der Waals surface area contributed by atoms with Crippen molar-refractivity contribution in [3.63, 3.8) is 0 Å². The molecule has 1 aliphatic heterocycles. The minimum absolute atomic E-state index is 0.175. The molecule has 0 aliphatic carbocycles. The zero-order valence-electron chi connectivity index (χ0n) is 14.8. The molecule has 0 atom stereocenters. The fraction of sp³-hybridized carbons (Fsp3) is 0.238. The summed E-state index contributed by atoms with van der Waals surface area (Å²) in [7, 11) is 0. The van der Waals surface area contributed by atoms with Gasteiger partial charge in [-0.15, -0.1) is 0 Å². The van der Waals surface area contributed by atoms with Crippen LogP contribution < -0.4 is 15.0 Å².